The van der Waals surface area contributed by atoms with Crippen LogP contribution in [-0.2, 0) is 19.6 Å². The van der Waals surface area contributed by atoms with E-state index < -0.39 is 26.4 Å². The molecule has 1 rings (SSSR count). The predicted octanol–water partition coefficient (Wildman–Crippen LogP) is 3.89. The maximum Gasteiger partial charge on any atom is 0.395 e. The van der Waals surface area contributed by atoms with Crippen LogP contribution in [0.15, 0.2) is 28.7 Å². The van der Waals surface area contributed by atoms with E-state index in [0.29, 0.717) is 4.47 Å². The van der Waals surface area contributed by atoms with Gasteiger partial charge in [-0.15, -0.1) is 0 Å². The molecule has 3 nitrogen and oxygen atoms in total. The molecule has 0 radical (unpaired) electrons. The van der Waals surface area contributed by atoms with Crippen molar-refractivity contribution < 1.29 is 21.4 Å². The molecule has 1 aromatic rings. The summed E-state index contributed by atoms with van der Waals surface area (Å²) in [4.78, 5) is 0. The summed E-state index contributed by atoms with van der Waals surface area (Å²) < 4.78 is 56.1. The van der Waals surface area contributed by atoms with Gasteiger partial charge in [0.2, 0.25) is 0 Å². The van der Waals surface area contributed by atoms with Gasteiger partial charge in [-0.2, -0.15) is 17.2 Å². The van der Waals surface area contributed by atoms with Crippen molar-refractivity contribution in [1.29, 1.82) is 0 Å². The molecule has 0 unspecified atom stereocenters. The van der Waals surface area contributed by atoms with Crippen molar-refractivity contribution in [2.24, 2.45) is 5.41 Å². The van der Waals surface area contributed by atoms with Crippen LogP contribution < -0.4 is 0 Å². The lowest BCUT2D eigenvalue weighted by molar-refractivity contribution is 0.0644. The molecule has 19 heavy (non-hydrogen) atoms. The minimum absolute atomic E-state index is 0.304. The molecule has 0 amide bonds. The molecule has 0 aliphatic carbocycles. The first kappa shape index (κ1) is 16.5. The van der Waals surface area contributed by atoms with E-state index in [-0.39, 0.29) is 6.61 Å². The highest BCUT2D eigenvalue weighted by Crippen LogP contribution is 2.36. The average Bonchev–Trinajstić information content (AvgIpc) is 2.26. The summed E-state index contributed by atoms with van der Waals surface area (Å²) in [6.45, 7) is 4.78. The number of benzene rings is 1. The van der Waals surface area contributed by atoms with E-state index in [0.717, 1.165) is 12.1 Å². The lowest BCUT2D eigenvalue weighted by Crippen LogP contribution is -2.31. The molecule has 0 aromatic heterocycles. The van der Waals surface area contributed by atoms with E-state index in [9.17, 15) is 17.2 Å². The van der Waals surface area contributed by atoms with E-state index in [2.05, 4.69) is 20.1 Å². The largest absolute Gasteiger partial charge is 0.395 e. The van der Waals surface area contributed by atoms with Crippen molar-refractivity contribution in [2.75, 3.05) is 6.61 Å². The third-order valence-corrected chi connectivity index (χ3v) is 3.96. The van der Waals surface area contributed by atoms with Gasteiger partial charge in [-0.1, -0.05) is 48.8 Å². The molecule has 0 N–H and O–H groups in total. The minimum atomic E-state index is -5.01. The van der Waals surface area contributed by atoms with E-state index in [4.69, 9.17) is 0 Å². The highest BCUT2D eigenvalue weighted by molar-refractivity contribution is 9.10. The van der Waals surface area contributed by atoms with Crippen molar-refractivity contribution in [2.45, 2.75) is 26.0 Å². The second kappa shape index (κ2) is 5.46. The first-order chi connectivity index (χ1) is 8.46. The first-order valence-corrected chi connectivity index (χ1v) is 7.69. The van der Waals surface area contributed by atoms with Crippen LogP contribution in [0, 0.1) is 5.41 Å². The van der Waals surface area contributed by atoms with Gasteiger partial charge in [0, 0.05) is 10.0 Å². The summed E-state index contributed by atoms with van der Waals surface area (Å²) in [6.07, 6.45) is 0. The van der Waals surface area contributed by atoms with Crippen LogP contribution in [0.3, 0.4) is 0 Å². The fourth-order valence-corrected chi connectivity index (χ4v) is 2.46. The van der Waals surface area contributed by atoms with Gasteiger partial charge in [0.25, 0.3) is 0 Å². The Kier molecular flexibility index (Phi) is 4.75. The van der Waals surface area contributed by atoms with Crippen LogP contribution in [0.25, 0.3) is 0 Å². The first-order valence-electron chi connectivity index (χ1n) is 5.48. The zero-order chi connectivity index (χ0) is 14.9. The molecule has 0 aliphatic heterocycles. The zero-order valence-corrected chi connectivity index (χ0v) is 13.2. The maximum absolute atomic E-state index is 13.9. The Morgan fingerprint density at radius 2 is 1.63 bits per heavy atom. The molecule has 1 aromatic carbocycles. The molecule has 0 saturated heterocycles. The predicted molar refractivity (Wildman–Crippen MR) is 72.4 cm³/mol. The number of rotatable bonds is 4. The smallest absolute Gasteiger partial charge is 0.265 e. The van der Waals surface area contributed by atoms with Crippen LogP contribution in [0.5, 0.6) is 0 Å². The molecule has 0 atom stereocenters. The molecular formula is C12H15BrF2O3S. The van der Waals surface area contributed by atoms with Gasteiger partial charge >= 0.3 is 15.4 Å². The lowest BCUT2D eigenvalue weighted by Gasteiger charge is -2.21. The number of hydrogen-bond donors (Lipinski definition) is 0. The summed E-state index contributed by atoms with van der Waals surface area (Å²) in [6, 6.07) is 4.79. The summed E-state index contributed by atoms with van der Waals surface area (Å²) in [5, 5.41) is -4.07. The Bertz CT molecular complexity index is 533. The topological polar surface area (TPSA) is 43.4 Å². The van der Waals surface area contributed by atoms with E-state index in [1.54, 1.807) is 20.8 Å². The monoisotopic (exact) mass is 356 g/mol. The van der Waals surface area contributed by atoms with Crippen molar-refractivity contribution >= 4 is 26.0 Å². The highest BCUT2D eigenvalue weighted by Gasteiger charge is 2.48. The Labute approximate surface area is 120 Å². The molecule has 0 aliphatic rings. The third kappa shape index (κ3) is 4.22. The number of halogens is 3. The second-order valence-electron chi connectivity index (χ2n) is 5.30. The van der Waals surface area contributed by atoms with E-state index in [1.807, 2.05) is 0 Å². The van der Waals surface area contributed by atoms with Crippen molar-refractivity contribution in [3.63, 3.8) is 0 Å². The Morgan fingerprint density at radius 1 is 1.16 bits per heavy atom. The summed E-state index contributed by atoms with van der Waals surface area (Å²) in [5.41, 5.74) is -1.15. The molecule has 0 saturated carbocycles. The lowest BCUT2D eigenvalue weighted by atomic mass is 9.99. The standard InChI is InChI=1S/C12H15BrF2O3S/c1-11(2,3)8-18-19(16,17)12(14,15)9-4-6-10(13)7-5-9/h4-7H,8H2,1-3H3. The SMILES string of the molecule is CC(C)(C)COS(=O)(=O)C(F)(F)c1ccc(Br)cc1. The third-order valence-electron chi connectivity index (χ3n) is 2.14. The van der Waals surface area contributed by atoms with Gasteiger partial charge in [-0.25, -0.2) is 0 Å². The molecule has 0 bridgehead atoms. The summed E-state index contributed by atoms with van der Waals surface area (Å²) >= 11 is 3.09. The quantitative estimate of drug-likeness (QED) is 0.768. The molecule has 7 heteroatoms. The molecule has 0 spiro atoms. The summed E-state index contributed by atoms with van der Waals surface area (Å²) in [7, 11) is -5.01. The van der Waals surface area contributed by atoms with Gasteiger partial charge in [-0.3, -0.25) is 4.18 Å². The van der Waals surface area contributed by atoms with E-state index >= 15 is 0 Å². The maximum atomic E-state index is 13.9. The van der Waals surface area contributed by atoms with E-state index in [1.165, 1.54) is 12.1 Å². The summed E-state index contributed by atoms with van der Waals surface area (Å²) in [5.74, 6) is 0. The van der Waals surface area contributed by atoms with Crippen LogP contribution in [0.2, 0.25) is 0 Å². The van der Waals surface area contributed by atoms with Gasteiger partial charge in [0.1, 0.15) is 0 Å². The molecule has 0 fully saturated rings. The van der Waals surface area contributed by atoms with Crippen molar-refractivity contribution in [1.82, 2.24) is 0 Å². The Balaban J connectivity index is 3.01. The average molecular weight is 357 g/mol. The fourth-order valence-electron chi connectivity index (χ4n) is 1.12. The normalized spacial score (nSPS) is 13.6. The zero-order valence-electron chi connectivity index (χ0n) is 10.8. The number of alkyl halides is 2. The fraction of sp³-hybridized carbons (Fsp3) is 0.500. The minimum Gasteiger partial charge on any atom is -0.265 e. The highest BCUT2D eigenvalue weighted by atomic mass is 79.9. The second-order valence-corrected chi connectivity index (χ2v) is 7.87. The van der Waals surface area contributed by atoms with Gasteiger partial charge < -0.3 is 0 Å². The van der Waals surface area contributed by atoms with Crippen LogP contribution in [-0.4, -0.2) is 15.0 Å². The van der Waals surface area contributed by atoms with Crippen LogP contribution >= 0.6 is 15.9 Å². The van der Waals surface area contributed by atoms with Gasteiger partial charge in [0.05, 0.1) is 6.61 Å². The molecular weight excluding hydrogens is 342 g/mol. The molecule has 108 valence electrons. The molecule has 0 heterocycles. The van der Waals surface area contributed by atoms with Gasteiger partial charge in [0.15, 0.2) is 0 Å². The van der Waals surface area contributed by atoms with Crippen molar-refractivity contribution in [3.05, 3.63) is 34.3 Å². The number of hydrogen-bond acceptors (Lipinski definition) is 3. The Hall–Kier alpha value is -0.530. The van der Waals surface area contributed by atoms with Crippen LogP contribution in [0.1, 0.15) is 26.3 Å². The Morgan fingerprint density at radius 3 is 2.05 bits per heavy atom. The van der Waals surface area contributed by atoms with Crippen molar-refractivity contribution in [3.8, 4) is 0 Å². The van der Waals surface area contributed by atoms with Crippen LogP contribution in [0.4, 0.5) is 8.78 Å². The van der Waals surface area contributed by atoms with Gasteiger partial charge in [-0.05, 0) is 17.5 Å².